The first-order chi connectivity index (χ1) is 8.99. The van der Waals surface area contributed by atoms with Crippen molar-refractivity contribution in [2.24, 2.45) is 23.5 Å². The van der Waals surface area contributed by atoms with E-state index in [-0.39, 0.29) is 42.7 Å². The van der Waals surface area contributed by atoms with Crippen molar-refractivity contribution in [3.63, 3.8) is 0 Å². The van der Waals surface area contributed by atoms with Crippen LogP contribution in [0, 0.1) is 17.8 Å². The molecule has 2 saturated carbocycles. The van der Waals surface area contributed by atoms with Gasteiger partial charge < -0.3 is 10.5 Å². The summed E-state index contributed by atoms with van der Waals surface area (Å²) >= 11 is 0. The number of piperidine rings is 1. The zero-order chi connectivity index (χ0) is 13.8. The molecule has 0 spiro atoms. The normalized spacial score (nSPS) is 32.0. The molecule has 2 N–H and O–H groups in total. The second kappa shape index (κ2) is 4.03. The van der Waals surface area contributed by atoms with E-state index in [1.54, 1.807) is 6.92 Å². The number of ether oxygens (including phenoxy) is 1. The lowest BCUT2D eigenvalue weighted by molar-refractivity contribution is -0.153. The Bertz CT molecular complexity index is 440. The summed E-state index contributed by atoms with van der Waals surface area (Å²) in [6.45, 7) is 1.94. The van der Waals surface area contributed by atoms with Crippen molar-refractivity contribution in [3.05, 3.63) is 0 Å². The molecule has 0 aromatic rings. The fourth-order valence-electron chi connectivity index (χ4n) is 2.89. The van der Waals surface area contributed by atoms with E-state index in [0.717, 1.165) is 12.8 Å². The molecule has 0 aromatic carbocycles. The molecule has 0 bridgehead atoms. The summed E-state index contributed by atoms with van der Waals surface area (Å²) in [6, 6.07) is 0. The first-order valence-corrected chi connectivity index (χ1v) is 6.80. The van der Waals surface area contributed by atoms with Gasteiger partial charge in [0.25, 0.3) is 0 Å². The number of hydrogen-bond donors (Lipinski definition) is 1. The van der Waals surface area contributed by atoms with Crippen molar-refractivity contribution in [3.8, 4) is 0 Å². The van der Waals surface area contributed by atoms with Gasteiger partial charge in [0.2, 0.25) is 11.8 Å². The molecule has 3 fully saturated rings. The number of fused-ring (bicyclic) bond motifs is 1. The fourth-order valence-corrected chi connectivity index (χ4v) is 2.89. The molecule has 6 nitrogen and oxygen atoms in total. The second-order valence-corrected chi connectivity index (χ2v) is 5.75. The van der Waals surface area contributed by atoms with E-state index in [2.05, 4.69) is 0 Å². The number of esters is 1. The largest absolute Gasteiger partial charge is 0.465 e. The molecule has 2 amide bonds. The highest BCUT2D eigenvalue weighted by Gasteiger charge is 2.61. The maximum Gasteiger partial charge on any atom is 0.328 e. The Hall–Kier alpha value is -1.43. The number of rotatable bonds is 5. The maximum atomic E-state index is 12.0. The van der Waals surface area contributed by atoms with Gasteiger partial charge in [-0.05, 0) is 32.1 Å². The van der Waals surface area contributed by atoms with Crippen LogP contribution in [-0.2, 0) is 19.1 Å². The third-order valence-corrected chi connectivity index (χ3v) is 4.34. The van der Waals surface area contributed by atoms with E-state index in [9.17, 15) is 14.4 Å². The Morgan fingerprint density at radius 2 is 1.95 bits per heavy atom. The standard InChI is InChI=1S/C13H18N2O4/c1-2-19-12(18)13(14,7-3-4-7)6-15-10(16)8-5-9(8)11(15)17/h7-9H,2-6,14H2,1H3. The van der Waals surface area contributed by atoms with Gasteiger partial charge in [0.1, 0.15) is 5.54 Å². The van der Waals surface area contributed by atoms with Gasteiger partial charge in [-0.3, -0.25) is 14.5 Å². The highest BCUT2D eigenvalue weighted by Crippen LogP contribution is 2.48. The molecule has 1 saturated heterocycles. The highest BCUT2D eigenvalue weighted by molar-refractivity contribution is 6.09. The van der Waals surface area contributed by atoms with E-state index in [1.165, 1.54) is 4.90 Å². The summed E-state index contributed by atoms with van der Waals surface area (Å²) < 4.78 is 5.01. The zero-order valence-corrected chi connectivity index (χ0v) is 10.9. The topological polar surface area (TPSA) is 89.7 Å². The molecule has 104 valence electrons. The monoisotopic (exact) mass is 266 g/mol. The summed E-state index contributed by atoms with van der Waals surface area (Å²) in [5.74, 6) is -1.14. The molecule has 3 atom stereocenters. The summed E-state index contributed by atoms with van der Waals surface area (Å²) in [5.41, 5.74) is 4.95. The second-order valence-electron chi connectivity index (χ2n) is 5.75. The van der Waals surface area contributed by atoms with E-state index in [0.29, 0.717) is 6.42 Å². The predicted molar refractivity (Wildman–Crippen MR) is 64.6 cm³/mol. The van der Waals surface area contributed by atoms with Crippen LogP contribution in [0.25, 0.3) is 0 Å². The average Bonchev–Trinajstić information content (AvgIpc) is 3.26. The van der Waals surface area contributed by atoms with Crippen molar-refractivity contribution in [2.75, 3.05) is 13.2 Å². The number of likely N-dealkylation sites (tertiary alicyclic amines) is 1. The molecule has 3 rings (SSSR count). The fraction of sp³-hybridized carbons (Fsp3) is 0.769. The molecule has 6 heteroatoms. The number of carbonyl (C=O) groups excluding carboxylic acids is 3. The SMILES string of the molecule is CCOC(=O)C(N)(CN1C(=O)C2CC2C1=O)C1CC1. The first-order valence-electron chi connectivity index (χ1n) is 6.80. The van der Waals surface area contributed by atoms with Gasteiger partial charge in [-0.25, -0.2) is 4.79 Å². The molecule has 3 aliphatic rings. The average molecular weight is 266 g/mol. The van der Waals surface area contributed by atoms with Crippen LogP contribution in [0.3, 0.4) is 0 Å². The van der Waals surface area contributed by atoms with Crippen LogP contribution in [0.1, 0.15) is 26.2 Å². The number of amides is 2. The van der Waals surface area contributed by atoms with E-state index in [1.807, 2.05) is 0 Å². The predicted octanol–water partition coefficient (Wildman–Crippen LogP) is -0.338. The Balaban J connectivity index is 1.76. The van der Waals surface area contributed by atoms with Crippen LogP contribution in [0.2, 0.25) is 0 Å². The molecule has 2 aliphatic carbocycles. The molecule has 1 aliphatic heterocycles. The van der Waals surface area contributed by atoms with E-state index in [4.69, 9.17) is 10.5 Å². The van der Waals surface area contributed by atoms with E-state index < -0.39 is 11.5 Å². The quantitative estimate of drug-likeness (QED) is 0.543. The molecule has 19 heavy (non-hydrogen) atoms. The van der Waals surface area contributed by atoms with Gasteiger partial charge in [0.15, 0.2) is 0 Å². The van der Waals surface area contributed by atoms with Crippen LogP contribution >= 0.6 is 0 Å². The van der Waals surface area contributed by atoms with Gasteiger partial charge in [0.05, 0.1) is 25.0 Å². The van der Waals surface area contributed by atoms with Crippen molar-refractivity contribution in [1.29, 1.82) is 0 Å². The molecular weight excluding hydrogens is 248 g/mol. The molecular formula is C13H18N2O4. The molecule has 3 unspecified atom stereocenters. The number of carbonyl (C=O) groups is 3. The van der Waals surface area contributed by atoms with Crippen LogP contribution < -0.4 is 5.73 Å². The van der Waals surface area contributed by atoms with Crippen molar-refractivity contribution in [1.82, 2.24) is 4.90 Å². The molecule has 0 radical (unpaired) electrons. The van der Waals surface area contributed by atoms with Crippen molar-refractivity contribution < 1.29 is 19.1 Å². The van der Waals surface area contributed by atoms with Crippen molar-refractivity contribution >= 4 is 17.8 Å². The van der Waals surface area contributed by atoms with Gasteiger partial charge in [-0.15, -0.1) is 0 Å². The minimum Gasteiger partial charge on any atom is -0.465 e. The Morgan fingerprint density at radius 1 is 1.37 bits per heavy atom. The lowest BCUT2D eigenvalue weighted by Crippen LogP contribution is -2.60. The summed E-state index contributed by atoms with van der Waals surface area (Å²) in [6.07, 6.45) is 2.35. The molecule has 1 heterocycles. The van der Waals surface area contributed by atoms with Gasteiger partial charge in [-0.1, -0.05) is 0 Å². The van der Waals surface area contributed by atoms with Gasteiger partial charge in [0, 0.05) is 0 Å². The third-order valence-electron chi connectivity index (χ3n) is 4.34. The minimum atomic E-state index is -1.22. The van der Waals surface area contributed by atoms with Crippen LogP contribution in [0.4, 0.5) is 0 Å². The van der Waals surface area contributed by atoms with Crippen molar-refractivity contribution in [2.45, 2.75) is 31.7 Å². The van der Waals surface area contributed by atoms with Gasteiger partial charge in [-0.2, -0.15) is 0 Å². The maximum absolute atomic E-state index is 12.0. The van der Waals surface area contributed by atoms with Crippen LogP contribution in [0.5, 0.6) is 0 Å². The first kappa shape index (κ1) is 12.6. The third kappa shape index (κ3) is 1.85. The Kier molecular flexibility index (Phi) is 2.67. The minimum absolute atomic E-state index is 0.0177. The summed E-state index contributed by atoms with van der Waals surface area (Å²) in [7, 11) is 0. The lowest BCUT2D eigenvalue weighted by atomic mass is 9.93. The van der Waals surface area contributed by atoms with E-state index >= 15 is 0 Å². The van der Waals surface area contributed by atoms with Crippen LogP contribution in [0.15, 0.2) is 0 Å². The Labute approximate surface area is 111 Å². The number of hydrogen-bond acceptors (Lipinski definition) is 5. The van der Waals surface area contributed by atoms with Crippen LogP contribution in [-0.4, -0.2) is 41.4 Å². The highest BCUT2D eigenvalue weighted by atomic mass is 16.5. The lowest BCUT2D eigenvalue weighted by Gasteiger charge is -2.31. The Morgan fingerprint density at radius 3 is 2.42 bits per heavy atom. The number of nitrogens with zero attached hydrogens (tertiary/aromatic N) is 1. The van der Waals surface area contributed by atoms with Gasteiger partial charge >= 0.3 is 5.97 Å². The smallest absolute Gasteiger partial charge is 0.328 e. The summed E-state index contributed by atoms with van der Waals surface area (Å²) in [4.78, 5) is 37.1. The number of imide groups is 1. The number of nitrogens with two attached hydrogens (primary N) is 1. The zero-order valence-electron chi connectivity index (χ0n) is 10.9. The molecule has 0 aromatic heterocycles. The summed E-state index contributed by atoms with van der Waals surface area (Å²) in [5, 5.41) is 0.